The second-order valence-electron chi connectivity index (χ2n) is 6.89. The Hall–Kier alpha value is -2.33. The van der Waals surface area contributed by atoms with Gasteiger partial charge in [-0.1, -0.05) is 43.2 Å². The second-order valence-corrected chi connectivity index (χ2v) is 6.89. The van der Waals surface area contributed by atoms with Gasteiger partial charge in [0.25, 0.3) is 0 Å². The van der Waals surface area contributed by atoms with Gasteiger partial charge in [0.1, 0.15) is 17.7 Å². The predicted molar refractivity (Wildman–Crippen MR) is 106 cm³/mol. The summed E-state index contributed by atoms with van der Waals surface area (Å²) in [4.78, 5) is 4.66. The van der Waals surface area contributed by atoms with Crippen molar-refractivity contribution in [1.29, 1.82) is 0 Å². The molecule has 1 atom stereocenters. The zero-order valence-corrected chi connectivity index (χ0v) is 15.9. The summed E-state index contributed by atoms with van der Waals surface area (Å²) in [6.45, 7) is 7.66. The molecule has 0 saturated carbocycles. The van der Waals surface area contributed by atoms with Crippen LogP contribution >= 0.6 is 0 Å². The molecular formula is C22H28N2O2. The van der Waals surface area contributed by atoms with Gasteiger partial charge in [-0.25, -0.2) is 4.98 Å². The van der Waals surface area contributed by atoms with Crippen molar-refractivity contribution in [2.45, 2.75) is 52.7 Å². The zero-order valence-electron chi connectivity index (χ0n) is 15.9. The summed E-state index contributed by atoms with van der Waals surface area (Å²) < 4.78 is 8.09. The van der Waals surface area contributed by atoms with Gasteiger partial charge in [-0.05, 0) is 50.5 Å². The number of para-hydroxylation sites is 2. The van der Waals surface area contributed by atoms with Crippen LogP contribution in [0.4, 0.5) is 0 Å². The Morgan fingerprint density at radius 1 is 1.15 bits per heavy atom. The molecule has 138 valence electrons. The summed E-state index contributed by atoms with van der Waals surface area (Å²) in [6.07, 6.45) is 2.00. The number of aliphatic hydroxyl groups is 1. The maximum absolute atomic E-state index is 10.5. The smallest absolute Gasteiger partial charge is 0.138 e. The van der Waals surface area contributed by atoms with E-state index in [0.717, 1.165) is 54.0 Å². The summed E-state index contributed by atoms with van der Waals surface area (Å²) in [5.41, 5.74) is 4.42. The van der Waals surface area contributed by atoms with Gasteiger partial charge in [0, 0.05) is 6.54 Å². The standard InChI is InChI=1S/C22H28N2O2/c1-4-8-20(25)22-23-18-9-5-6-10-19(18)24(22)13-7-14-26-21-12-11-16(2)15-17(21)3/h5-6,9-12,15,20,25H,4,7-8,13-14H2,1-3H3/t20-/m1/s1. The molecule has 0 amide bonds. The lowest BCUT2D eigenvalue weighted by Crippen LogP contribution is -2.11. The molecule has 0 saturated heterocycles. The lowest BCUT2D eigenvalue weighted by Gasteiger charge is -2.14. The average Bonchev–Trinajstić information content (AvgIpc) is 2.99. The number of nitrogens with zero attached hydrogens (tertiary/aromatic N) is 2. The van der Waals surface area contributed by atoms with Crippen LogP contribution in [0.15, 0.2) is 42.5 Å². The molecule has 2 aromatic carbocycles. The van der Waals surface area contributed by atoms with Gasteiger partial charge < -0.3 is 14.4 Å². The highest BCUT2D eigenvalue weighted by Gasteiger charge is 2.17. The maximum Gasteiger partial charge on any atom is 0.138 e. The molecular weight excluding hydrogens is 324 g/mol. The van der Waals surface area contributed by atoms with Crippen molar-refractivity contribution < 1.29 is 9.84 Å². The number of hydrogen-bond acceptors (Lipinski definition) is 3. The van der Waals surface area contributed by atoms with E-state index in [1.807, 2.05) is 24.3 Å². The van der Waals surface area contributed by atoms with E-state index < -0.39 is 6.10 Å². The minimum Gasteiger partial charge on any atom is -0.493 e. The van der Waals surface area contributed by atoms with Crippen LogP contribution in [-0.4, -0.2) is 21.3 Å². The van der Waals surface area contributed by atoms with Gasteiger partial charge in [-0.2, -0.15) is 0 Å². The van der Waals surface area contributed by atoms with Crippen molar-refractivity contribution in [3.05, 3.63) is 59.4 Å². The van der Waals surface area contributed by atoms with Gasteiger partial charge >= 0.3 is 0 Å². The predicted octanol–water partition coefficient (Wildman–Crippen LogP) is 4.96. The lowest BCUT2D eigenvalue weighted by molar-refractivity contribution is 0.152. The zero-order chi connectivity index (χ0) is 18.5. The van der Waals surface area contributed by atoms with Crippen molar-refractivity contribution in [1.82, 2.24) is 9.55 Å². The number of aryl methyl sites for hydroxylation is 3. The molecule has 26 heavy (non-hydrogen) atoms. The van der Waals surface area contributed by atoms with Crippen LogP contribution in [-0.2, 0) is 6.54 Å². The summed E-state index contributed by atoms with van der Waals surface area (Å²) in [6, 6.07) is 14.3. The highest BCUT2D eigenvalue weighted by atomic mass is 16.5. The fourth-order valence-electron chi connectivity index (χ4n) is 3.35. The molecule has 0 bridgehead atoms. The highest BCUT2D eigenvalue weighted by molar-refractivity contribution is 5.76. The number of aromatic nitrogens is 2. The number of imidazole rings is 1. The molecule has 0 aliphatic heterocycles. The maximum atomic E-state index is 10.5. The third-order valence-electron chi connectivity index (χ3n) is 4.66. The van der Waals surface area contributed by atoms with Crippen LogP contribution in [0, 0.1) is 13.8 Å². The van der Waals surface area contributed by atoms with Crippen LogP contribution in [0.5, 0.6) is 5.75 Å². The van der Waals surface area contributed by atoms with Crippen molar-refractivity contribution in [3.8, 4) is 5.75 Å². The van der Waals surface area contributed by atoms with Crippen LogP contribution in [0.3, 0.4) is 0 Å². The molecule has 3 rings (SSSR count). The number of rotatable bonds is 8. The monoisotopic (exact) mass is 352 g/mol. The van der Waals surface area contributed by atoms with E-state index in [1.54, 1.807) is 0 Å². The minimum atomic E-state index is -0.521. The fraction of sp³-hybridized carbons (Fsp3) is 0.409. The fourth-order valence-corrected chi connectivity index (χ4v) is 3.35. The minimum absolute atomic E-state index is 0.521. The normalized spacial score (nSPS) is 12.5. The van der Waals surface area contributed by atoms with Crippen LogP contribution in [0.25, 0.3) is 11.0 Å². The summed E-state index contributed by atoms with van der Waals surface area (Å²) in [5, 5.41) is 10.5. The van der Waals surface area contributed by atoms with E-state index >= 15 is 0 Å². The Bertz CT molecular complexity index is 870. The molecule has 4 nitrogen and oxygen atoms in total. The number of benzene rings is 2. The van der Waals surface area contributed by atoms with Gasteiger partial charge in [0.2, 0.25) is 0 Å². The number of aliphatic hydroxyl groups excluding tert-OH is 1. The SMILES string of the molecule is CCC[C@@H](O)c1nc2ccccc2n1CCCOc1ccc(C)cc1C. The van der Waals surface area contributed by atoms with Crippen LogP contribution < -0.4 is 4.74 Å². The third kappa shape index (κ3) is 4.07. The molecule has 0 radical (unpaired) electrons. The van der Waals surface area contributed by atoms with Crippen molar-refractivity contribution in [2.75, 3.05) is 6.61 Å². The van der Waals surface area contributed by atoms with E-state index in [4.69, 9.17) is 4.74 Å². The van der Waals surface area contributed by atoms with E-state index in [9.17, 15) is 5.11 Å². The summed E-state index contributed by atoms with van der Waals surface area (Å²) in [5.74, 6) is 1.71. The molecule has 1 aromatic heterocycles. The number of ether oxygens (including phenoxy) is 1. The molecule has 0 fully saturated rings. The van der Waals surface area contributed by atoms with Gasteiger partial charge in [0.05, 0.1) is 17.6 Å². The van der Waals surface area contributed by atoms with Gasteiger partial charge in [0.15, 0.2) is 0 Å². The molecule has 0 spiro atoms. The van der Waals surface area contributed by atoms with Crippen LogP contribution in [0.1, 0.15) is 49.2 Å². The average molecular weight is 352 g/mol. The van der Waals surface area contributed by atoms with Gasteiger partial charge in [-0.3, -0.25) is 0 Å². The van der Waals surface area contributed by atoms with Crippen molar-refractivity contribution in [3.63, 3.8) is 0 Å². The first-order valence-corrected chi connectivity index (χ1v) is 9.43. The largest absolute Gasteiger partial charge is 0.493 e. The van der Waals surface area contributed by atoms with E-state index in [0.29, 0.717) is 6.61 Å². The Morgan fingerprint density at radius 2 is 1.96 bits per heavy atom. The molecule has 1 N–H and O–H groups in total. The quantitative estimate of drug-likeness (QED) is 0.583. The van der Waals surface area contributed by atoms with Gasteiger partial charge in [-0.15, -0.1) is 0 Å². The molecule has 1 heterocycles. The van der Waals surface area contributed by atoms with E-state index in [1.165, 1.54) is 5.56 Å². The molecule has 3 aromatic rings. The second kappa shape index (κ2) is 8.37. The summed E-state index contributed by atoms with van der Waals surface area (Å²) in [7, 11) is 0. The molecule has 0 aliphatic carbocycles. The van der Waals surface area contributed by atoms with E-state index in [-0.39, 0.29) is 0 Å². The topological polar surface area (TPSA) is 47.3 Å². The van der Waals surface area contributed by atoms with Crippen molar-refractivity contribution in [2.24, 2.45) is 0 Å². The third-order valence-corrected chi connectivity index (χ3v) is 4.66. The van der Waals surface area contributed by atoms with Crippen molar-refractivity contribution >= 4 is 11.0 Å². The summed E-state index contributed by atoms with van der Waals surface area (Å²) >= 11 is 0. The molecule has 4 heteroatoms. The Labute approximate surface area is 155 Å². The number of fused-ring (bicyclic) bond motifs is 1. The Kier molecular flexibility index (Phi) is 5.94. The molecule has 0 aliphatic rings. The number of hydrogen-bond donors (Lipinski definition) is 1. The lowest BCUT2D eigenvalue weighted by atomic mass is 10.1. The Balaban J connectivity index is 1.70. The molecule has 0 unspecified atom stereocenters. The van der Waals surface area contributed by atoms with E-state index in [2.05, 4.69) is 48.5 Å². The van der Waals surface area contributed by atoms with Crippen LogP contribution in [0.2, 0.25) is 0 Å². The first-order valence-electron chi connectivity index (χ1n) is 9.43. The highest BCUT2D eigenvalue weighted by Crippen LogP contribution is 2.24. The Morgan fingerprint density at radius 3 is 2.73 bits per heavy atom. The first-order chi connectivity index (χ1) is 12.6. The first kappa shape index (κ1) is 18.5.